The van der Waals surface area contributed by atoms with Crippen LogP contribution in [0.3, 0.4) is 0 Å². The van der Waals surface area contributed by atoms with E-state index in [1.807, 2.05) is 6.92 Å². The van der Waals surface area contributed by atoms with Crippen LogP contribution < -0.4 is 9.62 Å². The van der Waals surface area contributed by atoms with Crippen LogP contribution in [0.4, 0.5) is 36.4 Å². The van der Waals surface area contributed by atoms with Gasteiger partial charge < -0.3 is 15.3 Å². The Morgan fingerprint density at radius 1 is 1.05 bits per heavy atom. The second-order valence-corrected chi connectivity index (χ2v) is 12.3. The number of rotatable bonds is 8. The summed E-state index contributed by atoms with van der Waals surface area (Å²) in [7, 11) is -4.63. The van der Waals surface area contributed by atoms with Crippen LogP contribution in [0.2, 0.25) is 0 Å². The Morgan fingerprint density at radius 3 is 2.26 bits per heavy atom. The number of nitrogens with one attached hydrogen (secondary N) is 1. The first-order valence-corrected chi connectivity index (χ1v) is 14.7. The number of amides is 2. The molecule has 2 aliphatic heterocycles. The van der Waals surface area contributed by atoms with Gasteiger partial charge in [0, 0.05) is 31.5 Å². The molecule has 2 amide bonds. The number of hydrogen-bond donors (Lipinski definition) is 2. The second-order valence-electron chi connectivity index (χ2n) is 10.5. The highest BCUT2D eigenvalue weighted by Gasteiger charge is 2.71. The van der Waals surface area contributed by atoms with E-state index in [9.17, 15) is 53.8 Å². The number of benzene rings is 2. The van der Waals surface area contributed by atoms with Gasteiger partial charge in [0.25, 0.3) is 15.6 Å². The molecule has 0 bridgehead atoms. The molecule has 43 heavy (non-hydrogen) atoms. The summed E-state index contributed by atoms with van der Waals surface area (Å²) in [5.74, 6) is -1.54. The van der Waals surface area contributed by atoms with Crippen molar-refractivity contribution in [3.05, 3.63) is 59.4 Å². The molecule has 2 N–H and O–H groups in total. The molecule has 16 heteroatoms. The second kappa shape index (κ2) is 11.6. The zero-order valence-corrected chi connectivity index (χ0v) is 23.5. The maximum absolute atomic E-state index is 13.8. The minimum absolute atomic E-state index is 0.0426. The molecular formula is C27H28F7N3O5S. The van der Waals surface area contributed by atoms with Gasteiger partial charge in [-0.2, -0.15) is 26.3 Å². The highest BCUT2D eigenvalue weighted by Crippen LogP contribution is 2.51. The summed E-state index contributed by atoms with van der Waals surface area (Å²) in [6, 6.07) is 3.41. The van der Waals surface area contributed by atoms with Crippen LogP contribution in [0.15, 0.2) is 47.4 Å². The molecule has 2 heterocycles. The number of nitrogens with zero attached hydrogens (tertiary/aromatic N) is 2. The molecule has 2 aromatic carbocycles. The number of alkyl halides is 6. The number of aliphatic hydroxyl groups is 1. The van der Waals surface area contributed by atoms with Gasteiger partial charge in [-0.05, 0) is 55.2 Å². The summed E-state index contributed by atoms with van der Waals surface area (Å²) < 4.78 is 123. The fourth-order valence-corrected chi connectivity index (χ4v) is 7.15. The molecule has 0 aliphatic carbocycles. The monoisotopic (exact) mass is 639 g/mol. The predicted octanol–water partition coefficient (Wildman–Crippen LogP) is 4.17. The van der Waals surface area contributed by atoms with Crippen molar-refractivity contribution >= 4 is 27.5 Å². The maximum Gasteiger partial charge on any atom is 0.430 e. The lowest BCUT2D eigenvalue weighted by atomic mass is 9.87. The largest absolute Gasteiger partial charge is 0.430 e. The van der Waals surface area contributed by atoms with Gasteiger partial charge in [0.2, 0.25) is 11.8 Å². The third-order valence-corrected chi connectivity index (χ3v) is 9.38. The van der Waals surface area contributed by atoms with E-state index in [4.69, 9.17) is 0 Å². The number of likely N-dealkylation sites (tertiary alicyclic amines) is 1. The Bertz CT molecular complexity index is 1470. The van der Waals surface area contributed by atoms with Crippen molar-refractivity contribution in [1.82, 2.24) is 10.2 Å². The lowest BCUT2D eigenvalue weighted by Gasteiger charge is -2.39. The quantitative estimate of drug-likeness (QED) is 0.422. The number of carbonyl (C=O) groups is 2. The number of hydrogen-bond acceptors (Lipinski definition) is 5. The van der Waals surface area contributed by atoms with Crippen molar-refractivity contribution in [3.8, 4) is 0 Å². The van der Waals surface area contributed by atoms with E-state index in [2.05, 4.69) is 5.32 Å². The average Bonchev–Trinajstić information content (AvgIpc) is 3.24. The molecule has 2 atom stereocenters. The normalized spacial score (nSPS) is 19.9. The molecule has 0 aromatic heterocycles. The molecule has 0 spiro atoms. The SMILES string of the molecule is CCCN1CC(NC(=O)C[C@@H]2CCc3cc(C(O)(C(F)(F)F)C(F)(F)F)ccc3N2S(=O)(=O)c2ccc(F)cc2)CC1=O. The fraction of sp³-hybridized carbons (Fsp3) is 0.481. The summed E-state index contributed by atoms with van der Waals surface area (Å²) in [4.78, 5) is 26.3. The van der Waals surface area contributed by atoms with Crippen LogP contribution in [0, 0.1) is 5.82 Å². The highest BCUT2D eigenvalue weighted by atomic mass is 32.2. The molecule has 1 saturated heterocycles. The van der Waals surface area contributed by atoms with E-state index in [-0.39, 0.29) is 43.0 Å². The molecule has 2 aromatic rings. The third kappa shape index (κ3) is 6.16. The summed E-state index contributed by atoms with van der Waals surface area (Å²) in [6.45, 7) is 2.63. The molecule has 4 rings (SSSR count). The number of halogens is 7. The Morgan fingerprint density at radius 2 is 1.67 bits per heavy atom. The Hall–Kier alpha value is -3.40. The van der Waals surface area contributed by atoms with E-state index >= 15 is 0 Å². The minimum atomic E-state index is -6.15. The molecule has 8 nitrogen and oxygen atoms in total. The molecule has 1 fully saturated rings. The topological polar surface area (TPSA) is 107 Å². The van der Waals surface area contributed by atoms with Crippen molar-refractivity contribution < 1.29 is 53.8 Å². The van der Waals surface area contributed by atoms with E-state index in [1.165, 1.54) is 0 Å². The van der Waals surface area contributed by atoms with E-state index < -0.39 is 68.7 Å². The number of aryl methyl sites for hydroxylation is 1. The summed E-state index contributed by atoms with van der Waals surface area (Å²) >= 11 is 0. The van der Waals surface area contributed by atoms with Crippen LogP contribution in [-0.4, -0.2) is 67.8 Å². The van der Waals surface area contributed by atoms with Crippen molar-refractivity contribution in [3.63, 3.8) is 0 Å². The van der Waals surface area contributed by atoms with E-state index in [1.54, 1.807) is 4.90 Å². The first-order chi connectivity index (χ1) is 19.9. The Balaban J connectivity index is 1.71. The molecule has 0 radical (unpaired) electrons. The number of anilines is 1. The summed E-state index contributed by atoms with van der Waals surface area (Å²) in [5.41, 5.74) is -7.32. The van der Waals surface area contributed by atoms with Crippen molar-refractivity contribution in [2.45, 2.75) is 74.0 Å². The van der Waals surface area contributed by atoms with Crippen LogP contribution in [-0.2, 0) is 31.6 Å². The van der Waals surface area contributed by atoms with Gasteiger partial charge in [-0.25, -0.2) is 12.8 Å². The zero-order chi connectivity index (χ0) is 32.0. The molecular weight excluding hydrogens is 611 g/mol. The lowest BCUT2D eigenvalue weighted by molar-refractivity contribution is -0.376. The Kier molecular flexibility index (Phi) is 8.77. The standard InChI is InChI=1S/C27H28F7N3O5S/c1-2-11-36-15-19(13-24(36)39)35-23(38)14-20-7-3-16-12-17(25(40,26(29,30)31)27(32,33)34)4-10-22(16)37(20)43(41,42)21-8-5-18(28)6-9-21/h4-6,8-10,12,19-20,40H,2-3,7,11,13-15H2,1H3,(H,35,38)/t19?,20-/m0/s1. The first-order valence-electron chi connectivity index (χ1n) is 13.3. The number of sulfonamides is 1. The van der Waals surface area contributed by atoms with Gasteiger partial charge in [-0.3, -0.25) is 13.9 Å². The zero-order valence-electron chi connectivity index (χ0n) is 22.7. The van der Waals surface area contributed by atoms with Gasteiger partial charge in [-0.15, -0.1) is 0 Å². The van der Waals surface area contributed by atoms with Gasteiger partial charge in [0.1, 0.15) is 5.82 Å². The molecule has 236 valence electrons. The van der Waals surface area contributed by atoms with E-state index in [0.29, 0.717) is 25.1 Å². The van der Waals surface area contributed by atoms with Crippen molar-refractivity contribution in [2.24, 2.45) is 0 Å². The maximum atomic E-state index is 13.8. The van der Waals surface area contributed by atoms with Gasteiger partial charge in [0.05, 0.1) is 22.7 Å². The summed E-state index contributed by atoms with van der Waals surface area (Å²) in [6.07, 6.45) is -12.4. The highest BCUT2D eigenvalue weighted by molar-refractivity contribution is 7.92. The lowest BCUT2D eigenvalue weighted by Crippen LogP contribution is -2.54. The average molecular weight is 640 g/mol. The first kappa shape index (κ1) is 32.5. The molecule has 2 aliphatic rings. The van der Waals surface area contributed by atoms with Gasteiger partial charge in [-0.1, -0.05) is 19.1 Å². The van der Waals surface area contributed by atoms with Crippen LogP contribution in [0.5, 0.6) is 0 Å². The molecule has 1 unspecified atom stereocenters. The molecule has 0 saturated carbocycles. The van der Waals surface area contributed by atoms with Gasteiger partial charge >= 0.3 is 12.4 Å². The van der Waals surface area contributed by atoms with E-state index in [0.717, 1.165) is 34.6 Å². The number of fused-ring (bicyclic) bond motifs is 1. The van der Waals surface area contributed by atoms with Gasteiger partial charge in [0.15, 0.2) is 0 Å². The third-order valence-electron chi connectivity index (χ3n) is 7.50. The summed E-state index contributed by atoms with van der Waals surface area (Å²) in [5, 5.41) is 12.6. The van der Waals surface area contributed by atoms with Crippen LogP contribution >= 0.6 is 0 Å². The van der Waals surface area contributed by atoms with Crippen molar-refractivity contribution in [1.29, 1.82) is 0 Å². The predicted molar refractivity (Wildman–Crippen MR) is 139 cm³/mol. The Labute approximate surface area is 242 Å². The minimum Gasteiger partial charge on any atom is -0.369 e. The number of carbonyl (C=O) groups excluding carboxylic acids is 2. The van der Waals surface area contributed by atoms with Crippen molar-refractivity contribution in [2.75, 3.05) is 17.4 Å². The van der Waals surface area contributed by atoms with Crippen LogP contribution in [0.1, 0.15) is 43.7 Å². The van der Waals surface area contributed by atoms with Crippen LogP contribution in [0.25, 0.3) is 0 Å². The fourth-order valence-electron chi connectivity index (χ4n) is 5.44. The smallest absolute Gasteiger partial charge is 0.369 e.